The third kappa shape index (κ3) is 6.76. The molecule has 0 aromatic rings. The monoisotopic (exact) mass is 442 g/mol. The van der Waals surface area contributed by atoms with E-state index in [0.29, 0.717) is 4.43 Å². The molecular formula is C7H18I2N5O-. The van der Waals surface area contributed by atoms with Crippen molar-refractivity contribution in [1.82, 2.24) is 0 Å². The van der Waals surface area contributed by atoms with Crippen molar-refractivity contribution >= 4 is 21.9 Å². The van der Waals surface area contributed by atoms with E-state index in [9.17, 15) is 4.79 Å². The van der Waals surface area contributed by atoms with Gasteiger partial charge in [0.15, 0.2) is 0 Å². The first-order valence-corrected chi connectivity index (χ1v) is 14.4. The first kappa shape index (κ1) is 15.7. The zero-order valence-electron chi connectivity index (χ0n) is 8.27. The summed E-state index contributed by atoms with van der Waals surface area (Å²) in [4.78, 5) is 11.7. The average molecular weight is 442 g/mol. The number of alkyl halides is 2. The molecule has 0 saturated carbocycles. The van der Waals surface area contributed by atoms with Crippen LogP contribution in [0, 0.1) is 5.92 Å². The van der Waals surface area contributed by atoms with Gasteiger partial charge in [-0.2, -0.15) is 0 Å². The standard InChI is InChI=1S/C7H18I2N5O/c1-2-4(6(10)11)5(15)3-9(14)8-7(12)13/h2,4,6-7H,1,3,10-14H2/q-1. The molecule has 0 spiro atoms. The summed E-state index contributed by atoms with van der Waals surface area (Å²) in [5.41, 5.74) is 21.8. The van der Waals surface area contributed by atoms with Crippen LogP contribution in [0.2, 0.25) is 0 Å². The Kier molecular flexibility index (Phi) is 8.22. The van der Waals surface area contributed by atoms with Crippen LogP contribution in [0.25, 0.3) is 0 Å². The van der Waals surface area contributed by atoms with E-state index in [-0.39, 0.29) is 9.96 Å². The number of halogens is 2. The van der Waals surface area contributed by atoms with Crippen molar-refractivity contribution in [2.24, 2.45) is 32.8 Å². The Bertz CT molecular complexity index is 223. The second-order valence-corrected chi connectivity index (χ2v) is 17.6. The van der Waals surface area contributed by atoms with Crippen molar-refractivity contribution in [3.05, 3.63) is 12.7 Å². The molecule has 6 nitrogen and oxygen atoms in total. The SMILES string of the molecule is C=CC(C(=O)CI(N)[I-]C(N)N)C(N)N. The number of Topliss-reactive ketones (excluding diaryl/α,β-unsaturated/α-hetero) is 1. The number of rotatable bonds is 7. The molecule has 8 heteroatoms. The molecule has 0 aliphatic rings. The van der Waals surface area contributed by atoms with E-state index in [1.165, 1.54) is 6.08 Å². The van der Waals surface area contributed by atoms with Crippen LogP contribution in [0.1, 0.15) is 0 Å². The summed E-state index contributed by atoms with van der Waals surface area (Å²) in [5, 5.41) is 0. The molecule has 0 radical (unpaired) electrons. The number of nitrogens with two attached hydrogens (primary N) is 5. The minimum atomic E-state index is -1.75. The number of ketones is 1. The first-order chi connectivity index (χ1) is 6.88. The predicted octanol–water partition coefficient (Wildman–Crippen LogP) is -4.81. The normalized spacial score (nSPS) is 14.5. The molecule has 1 atom stereocenters. The summed E-state index contributed by atoms with van der Waals surface area (Å²) in [6.45, 7) is 3.53. The molecule has 10 N–H and O–H groups in total. The quantitative estimate of drug-likeness (QED) is 0.0668. The fourth-order valence-electron chi connectivity index (χ4n) is 0.870. The predicted molar refractivity (Wildman–Crippen MR) is 66.1 cm³/mol. The van der Waals surface area contributed by atoms with Gasteiger partial charge in [-0.25, -0.2) is 0 Å². The molecule has 0 saturated heterocycles. The van der Waals surface area contributed by atoms with Crippen molar-refractivity contribution in [1.29, 1.82) is 0 Å². The van der Waals surface area contributed by atoms with Crippen LogP contribution in [0.15, 0.2) is 12.7 Å². The summed E-state index contributed by atoms with van der Waals surface area (Å²) in [6, 6.07) is 0. The summed E-state index contributed by atoms with van der Waals surface area (Å²) in [6.07, 6.45) is 0.765. The molecule has 1 unspecified atom stereocenters. The Morgan fingerprint density at radius 2 is 1.93 bits per heavy atom. The van der Waals surface area contributed by atoms with Gasteiger partial charge in [-0.05, 0) is 0 Å². The molecule has 0 rings (SSSR count). The Balaban J connectivity index is 4.16. The molecular weight excluding hydrogens is 424 g/mol. The van der Waals surface area contributed by atoms with Gasteiger partial charge in [0.05, 0.1) is 0 Å². The molecule has 0 aliphatic carbocycles. The van der Waals surface area contributed by atoms with Gasteiger partial charge in [0.2, 0.25) is 0 Å². The summed E-state index contributed by atoms with van der Waals surface area (Å²) in [7, 11) is 0. The zero-order valence-corrected chi connectivity index (χ0v) is 12.6. The molecule has 0 heterocycles. The van der Waals surface area contributed by atoms with Crippen LogP contribution in [0.4, 0.5) is 0 Å². The summed E-state index contributed by atoms with van der Waals surface area (Å²) in [5.74, 6) is -0.542. The fourth-order valence-corrected chi connectivity index (χ4v) is 10.7. The Morgan fingerprint density at radius 3 is 2.27 bits per heavy atom. The van der Waals surface area contributed by atoms with E-state index in [1.807, 2.05) is 0 Å². The zero-order chi connectivity index (χ0) is 12.0. The van der Waals surface area contributed by atoms with Crippen molar-refractivity contribution in [3.63, 3.8) is 0 Å². The third-order valence-electron chi connectivity index (χ3n) is 1.50. The number of hydrogen-bond acceptors (Lipinski definition) is 6. The second kappa shape index (κ2) is 7.86. The van der Waals surface area contributed by atoms with E-state index < -0.39 is 45.4 Å². The molecule has 92 valence electrons. The molecule has 0 aromatic heterocycles. The van der Waals surface area contributed by atoms with Gasteiger partial charge in [-0.3, -0.25) is 0 Å². The van der Waals surface area contributed by atoms with Gasteiger partial charge in [0.25, 0.3) is 0 Å². The van der Waals surface area contributed by atoms with E-state index in [1.54, 1.807) is 0 Å². The maximum absolute atomic E-state index is 11.7. The van der Waals surface area contributed by atoms with Crippen LogP contribution in [-0.2, 0) is 4.79 Å². The van der Waals surface area contributed by atoms with Crippen LogP contribution >= 0.6 is 16.1 Å². The number of hydrogen-bond donors (Lipinski definition) is 5. The van der Waals surface area contributed by atoms with Crippen molar-refractivity contribution in [2.45, 2.75) is 10.3 Å². The Hall–Kier alpha value is 0.670. The summed E-state index contributed by atoms with van der Waals surface area (Å²) < 4.78 is 5.91. The van der Waals surface area contributed by atoms with Crippen molar-refractivity contribution in [3.8, 4) is 0 Å². The van der Waals surface area contributed by atoms with Crippen LogP contribution < -0.4 is 44.1 Å². The Labute approximate surface area is 103 Å². The third-order valence-corrected chi connectivity index (χ3v) is 13.8. The van der Waals surface area contributed by atoms with Crippen LogP contribution in [-0.4, -0.2) is 20.5 Å². The molecule has 0 fully saturated rings. The Morgan fingerprint density at radius 1 is 1.40 bits per heavy atom. The van der Waals surface area contributed by atoms with E-state index >= 15 is 0 Å². The van der Waals surface area contributed by atoms with Gasteiger partial charge in [0, 0.05) is 0 Å². The average Bonchev–Trinajstić information content (AvgIpc) is 2.01. The number of carbonyl (C=O) groups is 1. The molecule has 0 amide bonds. The van der Waals surface area contributed by atoms with Gasteiger partial charge >= 0.3 is 104 Å². The van der Waals surface area contributed by atoms with E-state index in [4.69, 9.17) is 26.9 Å². The number of carbonyl (C=O) groups excluding carboxylic acids is 1. The molecule has 0 bridgehead atoms. The van der Waals surface area contributed by atoms with Crippen LogP contribution in [0.5, 0.6) is 0 Å². The van der Waals surface area contributed by atoms with Crippen LogP contribution in [0.3, 0.4) is 0 Å². The topological polar surface area (TPSA) is 147 Å². The minimum absolute atomic E-state index is 0.0342. The van der Waals surface area contributed by atoms with Gasteiger partial charge in [-0.15, -0.1) is 0 Å². The van der Waals surface area contributed by atoms with E-state index in [0.717, 1.165) is 0 Å². The second-order valence-electron chi connectivity index (χ2n) is 2.80. The van der Waals surface area contributed by atoms with Crippen molar-refractivity contribution in [2.75, 3.05) is 4.43 Å². The van der Waals surface area contributed by atoms with Gasteiger partial charge in [0.1, 0.15) is 0 Å². The van der Waals surface area contributed by atoms with E-state index in [2.05, 4.69) is 6.58 Å². The first-order valence-electron chi connectivity index (χ1n) is 4.10. The fraction of sp³-hybridized carbons (Fsp3) is 0.571. The maximum atomic E-state index is 11.7. The summed E-state index contributed by atoms with van der Waals surface area (Å²) >= 11 is -2.18. The van der Waals surface area contributed by atoms with Gasteiger partial charge in [-0.1, -0.05) is 0 Å². The van der Waals surface area contributed by atoms with Gasteiger partial charge < -0.3 is 0 Å². The molecule has 0 aliphatic heterocycles. The van der Waals surface area contributed by atoms with Crippen molar-refractivity contribution < 1.29 is 22.0 Å². The molecule has 0 aromatic carbocycles. The molecule has 15 heavy (non-hydrogen) atoms.